The second kappa shape index (κ2) is 8.21. The monoisotopic (exact) mass is 285 g/mol. The fourth-order valence-electron chi connectivity index (χ4n) is 2.48. The summed E-state index contributed by atoms with van der Waals surface area (Å²) in [6, 6.07) is -0.334. The van der Waals surface area contributed by atoms with Gasteiger partial charge >= 0.3 is 0 Å². The van der Waals surface area contributed by atoms with Crippen molar-refractivity contribution in [2.75, 3.05) is 20.3 Å². The Kier molecular flexibility index (Phi) is 6.95. The molecular weight excluding hydrogens is 258 g/mol. The highest BCUT2D eigenvalue weighted by molar-refractivity contribution is 5.88. The number of ether oxygens (including phenoxy) is 1. The molecule has 1 saturated carbocycles. The van der Waals surface area contributed by atoms with Gasteiger partial charge in [0, 0.05) is 25.6 Å². The zero-order valence-electron chi connectivity index (χ0n) is 12.6. The number of hydrogen-bond donors (Lipinski definition) is 3. The topological polar surface area (TPSA) is 93.5 Å². The Morgan fingerprint density at radius 2 is 2.10 bits per heavy atom. The molecule has 6 nitrogen and oxygen atoms in total. The van der Waals surface area contributed by atoms with E-state index >= 15 is 0 Å². The third-order valence-corrected chi connectivity index (χ3v) is 3.96. The van der Waals surface area contributed by atoms with Crippen LogP contribution in [-0.2, 0) is 14.3 Å². The zero-order valence-corrected chi connectivity index (χ0v) is 12.6. The molecule has 4 atom stereocenters. The third kappa shape index (κ3) is 5.09. The smallest absolute Gasteiger partial charge is 0.242 e. The molecule has 20 heavy (non-hydrogen) atoms. The Labute approximate surface area is 120 Å². The average Bonchev–Trinajstić information content (AvgIpc) is 2.41. The van der Waals surface area contributed by atoms with Crippen LogP contribution in [0.25, 0.3) is 0 Å². The lowest BCUT2D eigenvalue weighted by Gasteiger charge is -2.31. The molecule has 0 heterocycles. The maximum atomic E-state index is 12.1. The first-order valence-corrected chi connectivity index (χ1v) is 7.28. The maximum Gasteiger partial charge on any atom is 0.242 e. The van der Waals surface area contributed by atoms with E-state index in [2.05, 4.69) is 17.6 Å². The van der Waals surface area contributed by atoms with Gasteiger partial charge in [-0.05, 0) is 32.1 Å². The van der Waals surface area contributed by atoms with Crippen molar-refractivity contribution >= 4 is 11.8 Å². The summed E-state index contributed by atoms with van der Waals surface area (Å²) in [5.74, 6) is 0.0958. The molecule has 1 rings (SSSR count). The predicted octanol–water partition coefficient (Wildman–Crippen LogP) is 0.0172. The minimum atomic E-state index is -0.523. The predicted molar refractivity (Wildman–Crippen MR) is 77.0 cm³/mol. The molecule has 1 aliphatic carbocycles. The van der Waals surface area contributed by atoms with Gasteiger partial charge in [-0.2, -0.15) is 0 Å². The molecule has 116 valence electrons. The van der Waals surface area contributed by atoms with Crippen molar-refractivity contribution in [3.63, 3.8) is 0 Å². The van der Waals surface area contributed by atoms with Gasteiger partial charge in [0.15, 0.2) is 0 Å². The number of nitrogens with one attached hydrogen (secondary N) is 2. The molecule has 0 aromatic rings. The number of rotatable bonds is 6. The molecule has 0 radical (unpaired) electrons. The normalized spacial score (nSPS) is 27.7. The quantitative estimate of drug-likeness (QED) is 0.600. The molecular formula is C14H27N3O3. The molecule has 1 aliphatic rings. The molecule has 0 saturated heterocycles. The van der Waals surface area contributed by atoms with Crippen molar-refractivity contribution in [2.24, 2.45) is 17.6 Å². The Morgan fingerprint density at radius 3 is 2.70 bits per heavy atom. The van der Waals surface area contributed by atoms with Gasteiger partial charge in [0.05, 0.1) is 6.61 Å². The van der Waals surface area contributed by atoms with Crippen LogP contribution in [0.1, 0.15) is 33.1 Å². The standard InChI is InChI=1S/C14H27N3O3/c1-9-8-11(4-5-12(9)15)14(19)17-10(2)13(18)16-6-7-20-3/h9-12H,4-8,15H2,1-3H3,(H,16,18)(H,17,19). The fourth-order valence-corrected chi connectivity index (χ4v) is 2.48. The summed E-state index contributed by atoms with van der Waals surface area (Å²) in [5, 5.41) is 5.49. The van der Waals surface area contributed by atoms with Crippen LogP contribution in [0.3, 0.4) is 0 Å². The molecule has 0 aromatic carbocycles. The number of carbonyl (C=O) groups excluding carboxylic acids is 2. The van der Waals surface area contributed by atoms with Gasteiger partial charge < -0.3 is 21.1 Å². The van der Waals surface area contributed by atoms with E-state index in [1.165, 1.54) is 0 Å². The first kappa shape index (κ1) is 16.9. The fraction of sp³-hybridized carbons (Fsp3) is 0.857. The lowest BCUT2D eigenvalue weighted by Crippen LogP contribution is -2.48. The molecule has 0 spiro atoms. The van der Waals surface area contributed by atoms with E-state index in [1.807, 2.05) is 0 Å². The van der Waals surface area contributed by atoms with Gasteiger partial charge in [0.1, 0.15) is 6.04 Å². The average molecular weight is 285 g/mol. The Bertz CT molecular complexity index is 336. The van der Waals surface area contributed by atoms with Gasteiger partial charge in [-0.15, -0.1) is 0 Å². The lowest BCUT2D eigenvalue weighted by molar-refractivity contribution is -0.131. The van der Waals surface area contributed by atoms with Crippen molar-refractivity contribution in [2.45, 2.75) is 45.2 Å². The van der Waals surface area contributed by atoms with Crippen LogP contribution < -0.4 is 16.4 Å². The number of hydrogen-bond acceptors (Lipinski definition) is 4. The van der Waals surface area contributed by atoms with Gasteiger partial charge in [-0.3, -0.25) is 9.59 Å². The second-order valence-electron chi connectivity index (χ2n) is 5.67. The van der Waals surface area contributed by atoms with E-state index in [4.69, 9.17) is 10.5 Å². The Morgan fingerprint density at radius 1 is 1.40 bits per heavy atom. The van der Waals surface area contributed by atoms with Gasteiger partial charge in [0.2, 0.25) is 11.8 Å². The summed E-state index contributed by atoms with van der Waals surface area (Å²) in [4.78, 5) is 23.9. The molecule has 1 fully saturated rings. The van der Waals surface area contributed by atoms with E-state index < -0.39 is 6.04 Å². The largest absolute Gasteiger partial charge is 0.383 e. The highest BCUT2D eigenvalue weighted by atomic mass is 16.5. The SMILES string of the molecule is COCCNC(=O)C(C)NC(=O)C1CCC(N)C(C)C1. The minimum absolute atomic E-state index is 0.0287. The number of nitrogens with two attached hydrogens (primary N) is 1. The molecule has 0 bridgehead atoms. The minimum Gasteiger partial charge on any atom is -0.383 e. The Hall–Kier alpha value is -1.14. The number of amides is 2. The molecule has 6 heteroatoms. The summed E-state index contributed by atoms with van der Waals surface area (Å²) in [7, 11) is 1.58. The first-order valence-electron chi connectivity index (χ1n) is 7.28. The van der Waals surface area contributed by atoms with Crippen molar-refractivity contribution in [3.8, 4) is 0 Å². The van der Waals surface area contributed by atoms with Gasteiger partial charge in [0.25, 0.3) is 0 Å². The van der Waals surface area contributed by atoms with E-state index in [0.717, 1.165) is 19.3 Å². The summed E-state index contributed by atoms with van der Waals surface area (Å²) < 4.78 is 4.86. The zero-order chi connectivity index (χ0) is 15.1. The van der Waals surface area contributed by atoms with Gasteiger partial charge in [-0.1, -0.05) is 6.92 Å². The summed E-state index contributed by atoms with van der Waals surface area (Å²) in [6.07, 6.45) is 2.47. The van der Waals surface area contributed by atoms with Crippen LogP contribution in [0.2, 0.25) is 0 Å². The van der Waals surface area contributed by atoms with E-state index in [-0.39, 0.29) is 23.8 Å². The van der Waals surface area contributed by atoms with Crippen LogP contribution in [0.4, 0.5) is 0 Å². The highest BCUT2D eigenvalue weighted by Gasteiger charge is 2.30. The van der Waals surface area contributed by atoms with Crippen molar-refractivity contribution in [1.29, 1.82) is 0 Å². The summed E-state index contributed by atoms with van der Waals surface area (Å²) in [5.41, 5.74) is 5.95. The van der Waals surface area contributed by atoms with Crippen molar-refractivity contribution < 1.29 is 14.3 Å². The van der Waals surface area contributed by atoms with Crippen molar-refractivity contribution in [1.82, 2.24) is 10.6 Å². The third-order valence-electron chi connectivity index (χ3n) is 3.96. The van der Waals surface area contributed by atoms with Crippen molar-refractivity contribution in [3.05, 3.63) is 0 Å². The van der Waals surface area contributed by atoms with Crippen LogP contribution in [0.5, 0.6) is 0 Å². The lowest BCUT2D eigenvalue weighted by atomic mass is 9.79. The number of carbonyl (C=O) groups is 2. The molecule has 2 amide bonds. The second-order valence-corrected chi connectivity index (χ2v) is 5.67. The van der Waals surface area contributed by atoms with E-state index in [9.17, 15) is 9.59 Å². The molecule has 4 unspecified atom stereocenters. The van der Waals surface area contributed by atoms with Crippen LogP contribution in [-0.4, -0.2) is 44.2 Å². The van der Waals surface area contributed by atoms with Crippen LogP contribution in [0, 0.1) is 11.8 Å². The first-order chi connectivity index (χ1) is 9.45. The maximum absolute atomic E-state index is 12.1. The van der Waals surface area contributed by atoms with E-state index in [1.54, 1.807) is 14.0 Å². The molecule has 0 aromatic heterocycles. The summed E-state index contributed by atoms with van der Waals surface area (Å²) in [6.45, 7) is 4.68. The van der Waals surface area contributed by atoms with Gasteiger partial charge in [-0.25, -0.2) is 0 Å². The molecule has 0 aliphatic heterocycles. The van der Waals surface area contributed by atoms with Crippen LogP contribution in [0.15, 0.2) is 0 Å². The Balaban J connectivity index is 2.35. The summed E-state index contributed by atoms with van der Waals surface area (Å²) >= 11 is 0. The van der Waals surface area contributed by atoms with E-state index in [0.29, 0.717) is 19.1 Å². The number of methoxy groups -OCH3 is 1. The molecule has 4 N–H and O–H groups in total. The van der Waals surface area contributed by atoms with Crippen LogP contribution >= 0.6 is 0 Å². The highest BCUT2D eigenvalue weighted by Crippen LogP contribution is 2.28.